The van der Waals surface area contributed by atoms with Gasteiger partial charge in [-0.2, -0.15) is 0 Å². The van der Waals surface area contributed by atoms with E-state index in [1.54, 1.807) is 13.8 Å². The van der Waals surface area contributed by atoms with Crippen molar-refractivity contribution < 1.29 is 74.2 Å². The number of carbonyl (C=O) groups excluding carboxylic acids is 3. The van der Waals surface area contributed by atoms with Crippen molar-refractivity contribution >= 4 is 60.8 Å². The third kappa shape index (κ3) is 7.71. The Morgan fingerprint density at radius 1 is 1.08 bits per heavy atom. The van der Waals surface area contributed by atoms with E-state index in [0.29, 0.717) is 0 Å². The molecule has 0 spiro atoms. The van der Waals surface area contributed by atoms with E-state index in [0.717, 1.165) is 29.8 Å². The number of amides is 1. The molecule has 2 aromatic heterocycles. The van der Waals surface area contributed by atoms with E-state index in [4.69, 9.17) is 42.8 Å². The number of fused-ring (bicyclic) bond motifs is 5. The molecule has 2 unspecified atom stereocenters. The molecule has 50 heavy (non-hydrogen) atoms. The van der Waals surface area contributed by atoms with Gasteiger partial charge in [0.1, 0.15) is 36.3 Å². The number of ether oxygens (including phenoxy) is 4. The summed E-state index contributed by atoms with van der Waals surface area (Å²) < 4.78 is 104. The van der Waals surface area contributed by atoms with Gasteiger partial charge >= 0.3 is 20.8 Å². The van der Waals surface area contributed by atoms with Gasteiger partial charge in [0.25, 0.3) is 0 Å². The van der Waals surface area contributed by atoms with Crippen molar-refractivity contribution in [2.45, 2.75) is 75.6 Å². The van der Waals surface area contributed by atoms with E-state index >= 15 is 8.78 Å². The smallest absolute Gasteiger partial charge is 0.432 e. The van der Waals surface area contributed by atoms with Gasteiger partial charge in [-0.05, 0) is 19.9 Å². The molecule has 25 heteroatoms. The van der Waals surface area contributed by atoms with E-state index in [9.17, 15) is 28.4 Å². The van der Waals surface area contributed by atoms with Crippen molar-refractivity contribution in [2.24, 2.45) is 0 Å². The molecule has 0 saturated carbocycles. The van der Waals surface area contributed by atoms with Crippen molar-refractivity contribution in [3.63, 3.8) is 0 Å². The minimum atomic E-state index is -5.26. The summed E-state index contributed by atoms with van der Waals surface area (Å²) in [5, 5.41) is 0. The number of carbonyl (C=O) groups is 3. The number of rotatable bonds is 6. The van der Waals surface area contributed by atoms with E-state index in [1.807, 2.05) is 0 Å². The zero-order chi connectivity index (χ0) is 36.0. The molecule has 3 N–H and O–H groups in total. The first-order valence-corrected chi connectivity index (χ1v) is 19.4. The summed E-state index contributed by atoms with van der Waals surface area (Å²) in [7, 11) is -5.26. The molecular weight excluding hydrogens is 740 g/mol. The second-order valence-corrected chi connectivity index (χ2v) is 16.7. The normalized spacial score (nSPS) is 36.6. The van der Waals surface area contributed by atoms with Crippen LogP contribution in [0, 0.1) is 0 Å². The lowest BCUT2D eigenvalue weighted by Crippen LogP contribution is -2.46. The van der Waals surface area contributed by atoms with Crippen LogP contribution in [0.25, 0.3) is 11.2 Å². The third-order valence-electron chi connectivity index (χ3n) is 7.52. The lowest BCUT2D eigenvalue weighted by atomic mass is 10.1. The fourth-order valence-corrected chi connectivity index (χ4v) is 8.97. The van der Waals surface area contributed by atoms with Gasteiger partial charge in [-0.25, -0.2) is 37.7 Å². The second-order valence-electron chi connectivity index (χ2n) is 11.3. The maximum absolute atomic E-state index is 16.2. The number of alkyl halides is 2. The molecule has 4 aliphatic rings. The van der Waals surface area contributed by atoms with Crippen LogP contribution in [0.5, 0.6) is 0 Å². The highest BCUT2D eigenvalue weighted by atomic mass is 32.7. The fraction of sp³-hybridized carbons (Fsp3) is 0.600. The average Bonchev–Trinajstić information content (AvgIpc) is 3.69. The topological polar surface area (TPSA) is 252 Å². The van der Waals surface area contributed by atoms with Gasteiger partial charge in [0, 0.05) is 17.6 Å². The summed E-state index contributed by atoms with van der Waals surface area (Å²) in [4.78, 5) is 59.8. The zero-order valence-corrected chi connectivity index (χ0v) is 28.6. The van der Waals surface area contributed by atoms with Gasteiger partial charge in [-0.1, -0.05) is 0 Å². The minimum absolute atomic E-state index is 0.0323. The molecule has 3 saturated heterocycles. The monoisotopic (exact) mass is 770 g/mol. The largest absolute Gasteiger partial charge is 0.509 e. The number of anilines is 1. The zero-order valence-electron chi connectivity index (χ0n) is 26.0. The molecule has 6 rings (SSSR count). The van der Waals surface area contributed by atoms with Crippen LogP contribution >= 0.6 is 26.0 Å². The number of nitrogens with two attached hydrogens (primary N) is 1. The lowest BCUT2D eigenvalue weighted by Gasteiger charge is -2.31. The van der Waals surface area contributed by atoms with E-state index < -0.39 is 113 Å². The Kier molecular flexibility index (Phi) is 10.6. The van der Waals surface area contributed by atoms with E-state index in [2.05, 4.69) is 15.0 Å². The molecule has 4 bridgehead atoms. The number of aromatic nitrogens is 4. The predicted octanol–water partition coefficient (Wildman–Crippen LogP) is 2.30. The molecule has 20 nitrogen and oxygen atoms in total. The van der Waals surface area contributed by atoms with Crippen molar-refractivity contribution in [1.82, 2.24) is 24.4 Å². The molecular formula is C25H30F2N6O14P2S. The number of phosphoric acid groups is 1. The number of phosphoric ester groups is 1. The van der Waals surface area contributed by atoms with Crippen LogP contribution in [0.3, 0.4) is 0 Å². The van der Waals surface area contributed by atoms with Gasteiger partial charge in [0.05, 0.1) is 32.1 Å². The lowest BCUT2D eigenvalue weighted by molar-refractivity contribution is -0.148. The summed E-state index contributed by atoms with van der Waals surface area (Å²) in [5.74, 6) is -2.15. The van der Waals surface area contributed by atoms with Crippen molar-refractivity contribution in [1.29, 1.82) is 0 Å². The minimum Gasteiger partial charge on any atom is -0.432 e. The SMILES string of the molecule is CC(C)OC(=O)OCSP1(=O)OC[C@H]2O[C@@H](N3C=CC(=O)CC3=O)[C@H](OP(=O)(O)OC[C@H]3O[C@@H](n4cnc5c(N)ncnc54)[C@H](O1)[C@@H]3F)[C@@H]2F. The Balaban J connectivity index is 1.34. The molecule has 0 aromatic carbocycles. The third-order valence-corrected chi connectivity index (χ3v) is 11.9. The summed E-state index contributed by atoms with van der Waals surface area (Å²) in [5.41, 5.74) is 6.02. The number of ketones is 1. The van der Waals surface area contributed by atoms with Crippen LogP contribution in [0.15, 0.2) is 24.9 Å². The first-order valence-electron chi connectivity index (χ1n) is 14.8. The molecule has 2 aromatic rings. The quantitative estimate of drug-likeness (QED) is 0.185. The van der Waals surface area contributed by atoms with Crippen LogP contribution in [0.1, 0.15) is 26.5 Å². The highest BCUT2D eigenvalue weighted by molar-refractivity contribution is 8.55. The molecule has 0 aliphatic carbocycles. The summed E-state index contributed by atoms with van der Waals surface area (Å²) in [6, 6.07) is 0. The van der Waals surface area contributed by atoms with Crippen LogP contribution in [0.2, 0.25) is 0 Å². The number of allylic oxidation sites excluding steroid dienone is 1. The highest BCUT2D eigenvalue weighted by Gasteiger charge is 2.56. The Morgan fingerprint density at radius 3 is 2.46 bits per heavy atom. The van der Waals surface area contributed by atoms with Crippen molar-refractivity contribution in [2.75, 3.05) is 24.9 Å². The number of nitrogens with zero attached hydrogens (tertiary/aromatic N) is 5. The van der Waals surface area contributed by atoms with Gasteiger partial charge in [-0.15, -0.1) is 0 Å². The Labute approximate surface area is 284 Å². The molecule has 0 radical (unpaired) electrons. The van der Waals surface area contributed by atoms with Gasteiger partial charge in [-0.3, -0.25) is 37.2 Å². The Hall–Kier alpha value is -3.11. The number of hydrogen-bond donors (Lipinski definition) is 2. The summed E-state index contributed by atoms with van der Waals surface area (Å²) >= 11 is 0.274. The average molecular weight is 771 g/mol. The predicted molar refractivity (Wildman–Crippen MR) is 162 cm³/mol. The van der Waals surface area contributed by atoms with Gasteiger partial charge in [0.15, 0.2) is 48.0 Å². The molecule has 274 valence electrons. The van der Waals surface area contributed by atoms with Crippen molar-refractivity contribution in [3.05, 3.63) is 24.9 Å². The van der Waals surface area contributed by atoms with Gasteiger partial charge < -0.3 is 29.6 Å². The van der Waals surface area contributed by atoms with Crippen LogP contribution < -0.4 is 5.73 Å². The molecule has 4 aliphatic heterocycles. The molecule has 3 fully saturated rings. The van der Waals surface area contributed by atoms with Crippen LogP contribution in [-0.4, -0.2) is 115 Å². The maximum atomic E-state index is 16.2. The first kappa shape index (κ1) is 36.7. The maximum Gasteiger partial charge on any atom is 0.509 e. The molecule has 1 amide bonds. The molecule has 10 atom stereocenters. The summed E-state index contributed by atoms with van der Waals surface area (Å²) in [6.07, 6.45) is -13.3. The number of hydrogen-bond acceptors (Lipinski definition) is 18. The van der Waals surface area contributed by atoms with Crippen LogP contribution in [0.4, 0.5) is 19.4 Å². The fourth-order valence-electron chi connectivity index (χ4n) is 5.29. The number of nitrogen functional groups attached to an aromatic ring is 1. The van der Waals surface area contributed by atoms with E-state index in [1.165, 1.54) is 4.57 Å². The summed E-state index contributed by atoms with van der Waals surface area (Å²) in [6.45, 7) is -3.54. The van der Waals surface area contributed by atoms with E-state index in [-0.39, 0.29) is 28.4 Å². The second kappa shape index (κ2) is 14.5. The highest BCUT2D eigenvalue weighted by Crippen LogP contribution is 2.64. The standard InChI is InChI=1S/C25H30F2N6O14P2S/c1-11(2)43-25(36)40-10-50-49(39)42-7-14-16(26)19(23(44-14)32-4-3-12(34)5-15(32)35)46-48(37,38)41-6-13-17(27)20(47-49)24(45-13)33-9-31-18-21(28)29-8-30-22(18)33/h3-4,8-9,11,13-14,16-17,19-20,23-24H,5-7,10H2,1-2H3,(H,37,38)(H2,28,29,30)/t13-,14-,16-,17-,19-,20-,23-,24-,49?/m1/s1. The Bertz CT molecular complexity index is 1770. The Morgan fingerprint density at radius 2 is 1.76 bits per heavy atom. The van der Waals surface area contributed by atoms with Crippen LogP contribution in [-0.2, 0) is 55.8 Å². The van der Waals surface area contributed by atoms with Gasteiger partial charge in [0.2, 0.25) is 5.91 Å². The number of halogens is 2. The first-order chi connectivity index (χ1) is 23.6. The molecule has 6 heterocycles. The number of imidazole rings is 1. The van der Waals surface area contributed by atoms with Crippen molar-refractivity contribution in [3.8, 4) is 0 Å².